The second-order valence-corrected chi connectivity index (χ2v) is 4.99. The van der Waals surface area contributed by atoms with Crippen molar-refractivity contribution in [3.05, 3.63) is 35.9 Å². The van der Waals surface area contributed by atoms with E-state index >= 15 is 0 Å². The van der Waals surface area contributed by atoms with Crippen molar-refractivity contribution in [1.82, 2.24) is 4.90 Å². The molecule has 3 nitrogen and oxygen atoms in total. The van der Waals surface area contributed by atoms with Crippen LogP contribution in [0.3, 0.4) is 0 Å². The summed E-state index contributed by atoms with van der Waals surface area (Å²) in [5, 5.41) is 9.24. The lowest BCUT2D eigenvalue weighted by molar-refractivity contribution is -0.134. The molecule has 0 aliphatic rings. The second kappa shape index (κ2) is 7.17. The Kier molecular flexibility index (Phi) is 5.86. The molecule has 1 N–H and O–H groups in total. The molecule has 0 aromatic heterocycles. The average Bonchev–Trinajstić information content (AvgIpc) is 2.34. The molecule has 0 aliphatic carbocycles. The van der Waals surface area contributed by atoms with Crippen LogP contribution in [-0.2, 0) is 11.3 Å². The minimum absolute atomic E-state index is 0.106. The molecule has 0 saturated carbocycles. The summed E-state index contributed by atoms with van der Waals surface area (Å²) in [5.74, 6) is 0.106. The van der Waals surface area contributed by atoms with Gasteiger partial charge >= 0.3 is 0 Å². The first-order valence-electron chi connectivity index (χ1n) is 6.52. The summed E-state index contributed by atoms with van der Waals surface area (Å²) in [7, 11) is 0. The summed E-state index contributed by atoms with van der Waals surface area (Å²) < 4.78 is 0. The minimum atomic E-state index is -0.417. The number of aliphatic hydroxyl groups excluding tert-OH is 1. The first kappa shape index (κ1) is 14.7. The van der Waals surface area contributed by atoms with E-state index in [4.69, 9.17) is 0 Å². The van der Waals surface area contributed by atoms with E-state index in [1.54, 1.807) is 6.92 Å². The van der Waals surface area contributed by atoms with Gasteiger partial charge in [-0.2, -0.15) is 0 Å². The van der Waals surface area contributed by atoms with Crippen LogP contribution in [-0.4, -0.2) is 28.1 Å². The Hall–Kier alpha value is -1.35. The number of hydrogen-bond acceptors (Lipinski definition) is 2. The number of rotatable bonds is 6. The first-order valence-corrected chi connectivity index (χ1v) is 6.52. The fraction of sp³-hybridized carbons (Fsp3) is 0.533. The van der Waals surface area contributed by atoms with E-state index < -0.39 is 6.10 Å². The van der Waals surface area contributed by atoms with Crippen molar-refractivity contribution in [3.63, 3.8) is 0 Å². The van der Waals surface area contributed by atoms with Crippen molar-refractivity contribution in [2.45, 2.75) is 52.3 Å². The third-order valence-electron chi connectivity index (χ3n) is 2.92. The number of nitrogens with zero attached hydrogens (tertiary/aromatic N) is 1. The van der Waals surface area contributed by atoms with Crippen molar-refractivity contribution in [3.8, 4) is 0 Å². The molecule has 3 heteroatoms. The normalized spacial score (nSPS) is 12.5. The Morgan fingerprint density at radius 1 is 1.22 bits per heavy atom. The fourth-order valence-electron chi connectivity index (χ4n) is 1.81. The molecule has 0 heterocycles. The molecule has 0 aliphatic heterocycles. The van der Waals surface area contributed by atoms with E-state index in [0.717, 1.165) is 5.56 Å². The van der Waals surface area contributed by atoms with Crippen LogP contribution in [0.5, 0.6) is 0 Å². The van der Waals surface area contributed by atoms with E-state index in [0.29, 0.717) is 19.4 Å². The van der Waals surface area contributed by atoms with Gasteiger partial charge in [-0.25, -0.2) is 0 Å². The highest BCUT2D eigenvalue weighted by molar-refractivity contribution is 5.76. The summed E-state index contributed by atoms with van der Waals surface area (Å²) in [4.78, 5) is 14.0. The van der Waals surface area contributed by atoms with Gasteiger partial charge in [0.1, 0.15) is 0 Å². The van der Waals surface area contributed by atoms with Crippen molar-refractivity contribution < 1.29 is 9.90 Å². The lowest BCUT2D eigenvalue weighted by Crippen LogP contribution is -2.36. The largest absolute Gasteiger partial charge is 0.393 e. The Morgan fingerprint density at radius 2 is 1.83 bits per heavy atom. The van der Waals surface area contributed by atoms with E-state index in [2.05, 4.69) is 0 Å². The van der Waals surface area contributed by atoms with E-state index in [1.165, 1.54) is 0 Å². The van der Waals surface area contributed by atoms with E-state index in [1.807, 2.05) is 49.1 Å². The first-order chi connectivity index (χ1) is 8.50. The second-order valence-electron chi connectivity index (χ2n) is 4.99. The number of aliphatic hydroxyl groups is 1. The summed E-state index contributed by atoms with van der Waals surface area (Å²) in [6, 6.07) is 10.2. The summed E-state index contributed by atoms with van der Waals surface area (Å²) in [6.45, 7) is 6.38. The van der Waals surface area contributed by atoms with Crippen LogP contribution >= 0.6 is 0 Å². The summed E-state index contributed by atoms with van der Waals surface area (Å²) in [5.41, 5.74) is 1.14. The maximum Gasteiger partial charge on any atom is 0.223 e. The molecule has 1 atom stereocenters. The molecule has 0 spiro atoms. The van der Waals surface area contributed by atoms with Gasteiger partial charge in [0.15, 0.2) is 0 Å². The van der Waals surface area contributed by atoms with Crippen molar-refractivity contribution in [1.29, 1.82) is 0 Å². The lowest BCUT2D eigenvalue weighted by Gasteiger charge is -2.27. The molecular formula is C15H23NO2. The fourth-order valence-corrected chi connectivity index (χ4v) is 1.81. The van der Waals surface area contributed by atoms with Crippen molar-refractivity contribution >= 4 is 5.91 Å². The Morgan fingerprint density at radius 3 is 2.33 bits per heavy atom. The SMILES string of the molecule is CC(O)CCC(=O)N(Cc1ccccc1)C(C)C. The molecule has 1 rings (SSSR count). The van der Waals surface area contributed by atoms with Crippen LogP contribution in [0.4, 0.5) is 0 Å². The van der Waals surface area contributed by atoms with Crippen LogP contribution in [0.15, 0.2) is 30.3 Å². The monoisotopic (exact) mass is 249 g/mol. The zero-order valence-corrected chi connectivity index (χ0v) is 11.5. The van der Waals surface area contributed by atoms with Gasteiger partial charge in [-0.05, 0) is 32.8 Å². The predicted molar refractivity (Wildman–Crippen MR) is 73.0 cm³/mol. The highest BCUT2D eigenvalue weighted by Gasteiger charge is 2.17. The van der Waals surface area contributed by atoms with Crippen LogP contribution in [0, 0.1) is 0 Å². The Balaban J connectivity index is 2.62. The van der Waals surface area contributed by atoms with Crippen molar-refractivity contribution in [2.24, 2.45) is 0 Å². The highest BCUT2D eigenvalue weighted by Crippen LogP contribution is 2.11. The molecular weight excluding hydrogens is 226 g/mol. The van der Waals surface area contributed by atoms with Gasteiger partial charge in [0.05, 0.1) is 6.10 Å². The maximum atomic E-state index is 12.1. The topological polar surface area (TPSA) is 40.5 Å². The lowest BCUT2D eigenvalue weighted by atomic mass is 10.1. The smallest absolute Gasteiger partial charge is 0.223 e. The van der Waals surface area contributed by atoms with Gasteiger partial charge < -0.3 is 10.0 Å². The number of amides is 1. The number of hydrogen-bond donors (Lipinski definition) is 1. The molecule has 0 bridgehead atoms. The van der Waals surface area contributed by atoms with Crippen LogP contribution in [0.2, 0.25) is 0 Å². The molecule has 100 valence electrons. The molecule has 1 aromatic rings. The van der Waals surface area contributed by atoms with Gasteiger partial charge in [-0.1, -0.05) is 30.3 Å². The quantitative estimate of drug-likeness (QED) is 0.842. The maximum absolute atomic E-state index is 12.1. The number of benzene rings is 1. The zero-order chi connectivity index (χ0) is 13.5. The summed E-state index contributed by atoms with van der Waals surface area (Å²) in [6.07, 6.45) is 0.513. The minimum Gasteiger partial charge on any atom is -0.393 e. The van der Waals surface area contributed by atoms with E-state index in [-0.39, 0.29) is 11.9 Å². The van der Waals surface area contributed by atoms with Gasteiger partial charge in [0.2, 0.25) is 5.91 Å². The molecule has 1 amide bonds. The molecule has 0 saturated heterocycles. The standard InChI is InChI=1S/C15H23NO2/c1-12(2)16(15(18)10-9-13(3)17)11-14-7-5-4-6-8-14/h4-8,12-13,17H,9-11H2,1-3H3. The van der Waals surface area contributed by atoms with Crippen LogP contribution in [0.1, 0.15) is 39.2 Å². The molecule has 0 fully saturated rings. The third kappa shape index (κ3) is 4.88. The van der Waals surface area contributed by atoms with Gasteiger partial charge in [0, 0.05) is 19.0 Å². The van der Waals surface area contributed by atoms with Gasteiger partial charge in [0.25, 0.3) is 0 Å². The Labute approximate surface area is 109 Å². The van der Waals surface area contributed by atoms with E-state index in [9.17, 15) is 9.90 Å². The van der Waals surface area contributed by atoms with Crippen molar-refractivity contribution in [2.75, 3.05) is 0 Å². The summed E-state index contributed by atoms with van der Waals surface area (Å²) >= 11 is 0. The third-order valence-corrected chi connectivity index (χ3v) is 2.92. The highest BCUT2D eigenvalue weighted by atomic mass is 16.3. The average molecular weight is 249 g/mol. The van der Waals surface area contributed by atoms with Crippen LogP contribution < -0.4 is 0 Å². The van der Waals surface area contributed by atoms with Gasteiger partial charge in [-0.3, -0.25) is 4.79 Å². The predicted octanol–water partition coefficient (Wildman–Crippen LogP) is 2.58. The zero-order valence-electron chi connectivity index (χ0n) is 11.5. The number of carbonyl (C=O) groups is 1. The molecule has 18 heavy (non-hydrogen) atoms. The Bertz CT molecular complexity index is 360. The molecule has 0 radical (unpaired) electrons. The molecule has 1 aromatic carbocycles. The van der Waals surface area contributed by atoms with Crippen LogP contribution in [0.25, 0.3) is 0 Å². The molecule has 1 unspecified atom stereocenters. The number of carbonyl (C=O) groups excluding carboxylic acids is 1. The van der Waals surface area contributed by atoms with Gasteiger partial charge in [-0.15, -0.1) is 0 Å².